The normalized spacial score (nSPS) is 30.4. The van der Waals surface area contributed by atoms with E-state index in [1.807, 2.05) is 0 Å². The molecule has 1 aliphatic carbocycles. The van der Waals surface area contributed by atoms with Crippen molar-refractivity contribution in [1.29, 1.82) is 0 Å². The first-order chi connectivity index (χ1) is 8.31. The van der Waals surface area contributed by atoms with Gasteiger partial charge in [-0.05, 0) is 50.6 Å². The second-order valence-corrected chi connectivity index (χ2v) is 5.40. The maximum absolute atomic E-state index is 11.9. The molecule has 4 nitrogen and oxygen atoms in total. The number of hydrogen-bond donors (Lipinski definition) is 3. The summed E-state index contributed by atoms with van der Waals surface area (Å²) in [5, 5.41) is 15.6. The topological polar surface area (TPSA) is 61.4 Å². The van der Waals surface area contributed by atoms with Gasteiger partial charge in [-0.15, -0.1) is 0 Å². The Hall–Kier alpha value is -0.610. The van der Waals surface area contributed by atoms with Gasteiger partial charge in [-0.1, -0.05) is 6.42 Å². The summed E-state index contributed by atoms with van der Waals surface area (Å²) >= 11 is 0. The second-order valence-electron chi connectivity index (χ2n) is 5.40. The van der Waals surface area contributed by atoms with Crippen molar-refractivity contribution < 1.29 is 9.90 Å². The molecule has 0 radical (unpaired) electrons. The monoisotopic (exact) mass is 240 g/mol. The lowest BCUT2D eigenvalue weighted by Crippen LogP contribution is -2.40. The molecule has 0 aromatic heterocycles. The molecule has 1 saturated carbocycles. The molecule has 2 rings (SSSR count). The van der Waals surface area contributed by atoms with E-state index in [2.05, 4.69) is 10.6 Å². The maximum atomic E-state index is 11.9. The van der Waals surface area contributed by atoms with E-state index in [-0.39, 0.29) is 18.4 Å². The first-order valence-corrected chi connectivity index (χ1v) is 6.90. The third kappa shape index (κ3) is 3.42. The lowest BCUT2D eigenvalue weighted by Gasteiger charge is -2.24. The van der Waals surface area contributed by atoms with Gasteiger partial charge < -0.3 is 15.7 Å². The van der Waals surface area contributed by atoms with E-state index >= 15 is 0 Å². The second kappa shape index (κ2) is 6.36. The molecule has 98 valence electrons. The van der Waals surface area contributed by atoms with Crippen molar-refractivity contribution in [3.05, 3.63) is 0 Å². The summed E-state index contributed by atoms with van der Waals surface area (Å²) in [5.74, 6) is 1.31. The first kappa shape index (κ1) is 12.8. The van der Waals surface area contributed by atoms with Crippen LogP contribution in [0.15, 0.2) is 0 Å². The van der Waals surface area contributed by atoms with E-state index in [4.69, 9.17) is 0 Å². The summed E-state index contributed by atoms with van der Waals surface area (Å²) in [5.41, 5.74) is 0. The zero-order valence-corrected chi connectivity index (χ0v) is 10.5. The van der Waals surface area contributed by atoms with Gasteiger partial charge in [-0.2, -0.15) is 0 Å². The predicted octanol–water partition coefficient (Wildman–Crippen LogP) is 0.511. The number of hydrogen-bond acceptors (Lipinski definition) is 3. The van der Waals surface area contributed by atoms with E-state index in [1.165, 1.54) is 6.42 Å². The molecule has 4 heteroatoms. The van der Waals surface area contributed by atoms with E-state index in [1.54, 1.807) is 0 Å². The van der Waals surface area contributed by atoms with Crippen molar-refractivity contribution in [1.82, 2.24) is 10.6 Å². The Morgan fingerprint density at radius 2 is 1.88 bits per heavy atom. The third-order valence-corrected chi connectivity index (χ3v) is 4.30. The Labute approximate surface area is 103 Å². The summed E-state index contributed by atoms with van der Waals surface area (Å²) in [4.78, 5) is 11.9. The highest BCUT2D eigenvalue weighted by atomic mass is 16.3. The van der Waals surface area contributed by atoms with Gasteiger partial charge in [0.2, 0.25) is 5.91 Å². The van der Waals surface area contributed by atoms with Gasteiger partial charge in [-0.25, -0.2) is 0 Å². The molecule has 1 heterocycles. The molecule has 1 saturated heterocycles. The smallest absolute Gasteiger partial charge is 0.223 e. The highest BCUT2D eigenvalue weighted by molar-refractivity contribution is 5.78. The Morgan fingerprint density at radius 3 is 2.59 bits per heavy atom. The minimum Gasteiger partial charge on any atom is -0.396 e. The SMILES string of the molecule is O=C(NCC1CCCC1CO)C1CCNCC1. The van der Waals surface area contributed by atoms with Gasteiger partial charge in [0, 0.05) is 19.1 Å². The predicted molar refractivity (Wildman–Crippen MR) is 66.5 cm³/mol. The van der Waals surface area contributed by atoms with E-state index in [9.17, 15) is 9.90 Å². The molecule has 0 aromatic carbocycles. The summed E-state index contributed by atoms with van der Waals surface area (Å²) in [6, 6.07) is 0. The van der Waals surface area contributed by atoms with Crippen molar-refractivity contribution in [3.8, 4) is 0 Å². The standard InChI is InChI=1S/C13H24N2O2/c16-9-12-3-1-2-11(12)8-15-13(17)10-4-6-14-7-5-10/h10-12,14,16H,1-9H2,(H,15,17). The Morgan fingerprint density at radius 1 is 1.18 bits per heavy atom. The summed E-state index contributed by atoms with van der Waals surface area (Å²) in [6.45, 7) is 2.95. The molecule has 2 aliphatic rings. The van der Waals surface area contributed by atoms with Crippen LogP contribution in [0.3, 0.4) is 0 Å². The number of piperidine rings is 1. The quantitative estimate of drug-likeness (QED) is 0.671. The van der Waals surface area contributed by atoms with Gasteiger partial charge in [0.05, 0.1) is 0 Å². The Bertz CT molecular complexity index is 252. The zero-order chi connectivity index (χ0) is 12.1. The number of amides is 1. The number of carbonyl (C=O) groups is 1. The van der Waals surface area contributed by atoms with Gasteiger partial charge >= 0.3 is 0 Å². The van der Waals surface area contributed by atoms with Crippen LogP contribution >= 0.6 is 0 Å². The van der Waals surface area contributed by atoms with E-state index in [0.717, 1.165) is 45.3 Å². The highest BCUT2D eigenvalue weighted by Crippen LogP contribution is 2.30. The Balaban J connectivity index is 1.71. The Kier molecular flexibility index (Phi) is 4.80. The van der Waals surface area contributed by atoms with Gasteiger partial charge in [0.1, 0.15) is 0 Å². The summed E-state index contributed by atoms with van der Waals surface area (Å²) < 4.78 is 0. The lowest BCUT2D eigenvalue weighted by molar-refractivity contribution is -0.126. The van der Waals surface area contributed by atoms with Crippen LogP contribution in [0.4, 0.5) is 0 Å². The average molecular weight is 240 g/mol. The van der Waals surface area contributed by atoms with Crippen molar-refractivity contribution in [2.24, 2.45) is 17.8 Å². The van der Waals surface area contributed by atoms with Crippen molar-refractivity contribution in [2.75, 3.05) is 26.2 Å². The molecule has 0 spiro atoms. The average Bonchev–Trinajstić information content (AvgIpc) is 2.84. The van der Waals surface area contributed by atoms with Crippen LogP contribution < -0.4 is 10.6 Å². The van der Waals surface area contributed by atoms with Crippen LogP contribution in [-0.2, 0) is 4.79 Å². The first-order valence-electron chi connectivity index (χ1n) is 6.90. The molecule has 2 atom stereocenters. The molecule has 3 N–H and O–H groups in total. The number of rotatable bonds is 4. The largest absolute Gasteiger partial charge is 0.396 e. The number of aliphatic hydroxyl groups is 1. The maximum Gasteiger partial charge on any atom is 0.223 e. The third-order valence-electron chi connectivity index (χ3n) is 4.30. The molecule has 2 unspecified atom stereocenters. The van der Waals surface area contributed by atoms with Crippen LogP contribution in [0.5, 0.6) is 0 Å². The molecular formula is C13H24N2O2. The molecule has 0 aromatic rings. The molecule has 1 amide bonds. The minimum absolute atomic E-state index is 0.199. The van der Waals surface area contributed by atoms with Crippen LogP contribution in [0.2, 0.25) is 0 Å². The fraction of sp³-hybridized carbons (Fsp3) is 0.923. The minimum atomic E-state index is 0.199. The van der Waals surface area contributed by atoms with Crippen molar-refractivity contribution in [3.63, 3.8) is 0 Å². The molecule has 2 fully saturated rings. The van der Waals surface area contributed by atoms with Gasteiger partial charge in [0.15, 0.2) is 0 Å². The van der Waals surface area contributed by atoms with Gasteiger partial charge in [-0.3, -0.25) is 4.79 Å². The fourth-order valence-electron chi connectivity index (χ4n) is 3.08. The van der Waals surface area contributed by atoms with Crippen LogP contribution in [-0.4, -0.2) is 37.3 Å². The highest BCUT2D eigenvalue weighted by Gasteiger charge is 2.28. The number of aliphatic hydroxyl groups excluding tert-OH is 1. The number of carbonyl (C=O) groups excluding carboxylic acids is 1. The number of nitrogens with one attached hydrogen (secondary N) is 2. The fourth-order valence-corrected chi connectivity index (χ4v) is 3.08. The van der Waals surface area contributed by atoms with Crippen molar-refractivity contribution >= 4 is 5.91 Å². The molecule has 17 heavy (non-hydrogen) atoms. The zero-order valence-electron chi connectivity index (χ0n) is 10.5. The van der Waals surface area contributed by atoms with Gasteiger partial charge in [0.25, 0.3) is 0 Å². The molecule has 1 aliphatic heterocycles. The summed E-state index contributed by atoms with van der Waals surface area (Å²) in [6.07, 6.45) is 5.38. The van der Waals surface area contributed by atoms with E-state index < -0.39 is 0 Å². The summed E-state index contributed by atoms with van der Waals surface area (Å²) in [7, 11) is 0. The van der Waals surface area contributed by atoms with Crippen LogP contribution in [0.25, 0.3) is 0 Å². The molecule has 0 bridgehead atoms. The van der Waals surface area contributed by atoms with Crippen LogP contribution in [0.1, 0.15) is 32.1 Å². The lowest BCUT2D eigenvalue weighted by atomic mass is 9.95. The van der Waals surface area contributed by atoms with Crippen molar-refractivity contribution in [2.45, 2.75) is 32.1 Å². The van der Waals surface area contributed by atoms with E-state index in [0.29, 0.717) is 11.8 Å². The molecular weight excluding hydrogens is 216 g/mol. The van der Waals surface area contributed by atoms with Crippen LogP contribution in [0, 0.1) is 17.8 Å².